The predicted octanol–water partition coefficient (Wildman–Crippen LogP) is 2.73. The minimum atomic E-state index is -2.93. The maximum absolute atomic E-state index is 13.7. The molecule has 0 saturated heterocycles. The molecule has 0 radical (unpaired) electrons. The predicted molar refractivity (Wildman–Crippen MR) is 115 cm³/mol. The Balaban J connectivity index is 1.80. The molecule has 1 aromatic heterocycles. The Morgan fingerprint density at radius 3 is 2.61 bits per heavy atom. The van der Waals surface area contributed by atoms with Gasteiger partial charge in [0.05, 0.1) is 31.2 Å². The van der Waals surface area contributed by atoms with Gasteiger partial charge in [-0.3, -0.25) is 9.58 Å². The van der Waals surface area contributed by atoms with E-state index >= 15 is 0 Å². The molecule has 2 aliphatic heterocycles. The molecule has 0 saturated carbocycles. The third kappa shape index (κ3) is 3.83. The molecule has 0 atom stereocenters. The van der Waals surface area contributed by atoms with Crippen LogP contribution in [0.25, 0.3) is 11.1 Å². The fourth-order valence-electron chi connectivity index (χ4n) is 3.56. The van der Waals surface area contributed by atoms with Crippen LogP contribution >= 0.6 is 0 Å². The largest absolute Gasteiger partial charge is 0.495 e. The van der Waals surface area contributed by atoms with E-state index in [0.29, 0.717) is 22.7 Å². The van der Waals surface area contributed by atoms with Gasteiger partial charge >= 0.3 is 0 Å². The zero-order valence-electron chi connectivity index (χ0n) is 17.4. The number of aromatic nitrogens is 2. The molecule has 0 unspecified atom stereocenters. The molecule has 0 amide bonds. The zero-order valence-corrected chi connectivity index (χ0v) is 17.4. The Morgan fingerprint density at radius 1 is 1.19 bits per heavy atom. The number of methoxy groups -OCH3 is 1. The van der Waals surface area contributed by atoms with Crippen LogP contribution < -0.4 is 21.1 Å². The van der Waals surface area contributed by atoms with Gasteiger partial charge in [0, 0.05) is 43.7 Å². The van der Waals surface area contributed by atoms with Crippen LogP contribution in [0.3, 0.4) is 0 Å². The molecule has 3 heterocycles. The molecule has 2 aliphatic rings. The van der Waals surface area contributed by atoms with Crippen molar-refractivity contribution in [2.75, 3.05) is 18.6 Å². The Kier molecular flexibility index (Phi) is 4.92. The van der Waals surface area contributed by atoms with Crippen molar-refractivity contribution in [3.8, 4) is 16.9 Å². The highest BCUT2D eigenvalue weighted by molar-refractivity contribution is 6.02. The molecule has 0 bridgehead atoms. The van der Waals surface area contributed by atoms with Crippen molar-refractivity contribution < 1.29 is 13.5 Å². The molecular formula is C21H23F2N7O. The third-order valence-electron chi connectivity index (χ3n) is 4.95. The van der Waals surface area contributed by atoms with Gasteiger partial charge in [0.25, 0.3) is 5.92 Å². The number of rotatable bonds is 5. The number of nitrogens with zero attached hydrogens (tertiary/aromatic N) is 5. The first-order valence-electron chi connectivity index (χ1n) is 9.51. The summed E-state index contributed by atoms with van der Waals surface area (Å²) in [4.78, 5) is 7.16. The summed E-state index contributed by atoms with van der Waals surface area (Å²) < 4.78 is 34.7. The topological polar surface area (TPSA) is 97.9 Å². The van der Waals surface area contributed by atoms with E-state index in [4.69, 9.17) is 16.2 Å². The molecule has 4 rings (SSSR count). The van der Waals surface area contributed by atoms with Crippen molar-refractivity contribution in [1.82, 2.24) is 14.7 Å². The molecule has 2 aromatic rings. The molecule has 162 valence electrons. The SMILES string of the molecule is COc1cc(-c2cnn(C)c2)ccc1N1C(N)=NC=C2C=CN(CC(C)(F)F)C(N)=C21. The van der Waals surface area contributed by atoms with Crippen molar-refractivity contribution in [2.45, 2.75) is 12.8 Å². The first-order valence-corrected chi connectivity index (χ1v) is 9.51. The van der Waals surface area contributed by atoms with Gasteiger partial charge in [-0.05, 0) is 23.8 Å². The lowest BCUT2D eigenvalue weighted by Gasteiger charge is -2.37. The van der Waals surface area contributed by atoms with Crippen LogP contribution in [0, 0.1) is 0 Å². The molecule has 4 N–H and O–H groups in total. The van der Waals surface area contributed by atoms with Gasteiger partial charge in [-0.25, -0.2) is 13.8 Å². The summed E-state index contributed by atoms with van der Waals surface area (Å²) in [5.41, 5.74) is 16.1. The molecule has 0 aliphatic carbocycles. The summed E-state index contributed by atoms with van der Waals surface area (Å²) in [5, 5.41) is 4.19. The van der Waals surface area contributed by atoms with E-state index in [0.717, 1.165) is 18.1 Å². The van der Waals surface area contributed by atoms with E-state index in [9.17, 15) is 8.78 Å². The lowest BCUT2D eigenvalue weighted by molar-refractivity contribution is 0.00269. The average molecular weight is 427 g/mol. The highest BCUT2D eigenvalue weighted by Gasteiger charge is 2.33. The normalized spacial score (nSPS) is 16.3. The van der Waals surface area contributed by atoms with Crippen LogP contribution in [0.4, 0.5) is 14.5 Å². The highest BCUT2D eigenvalue weighted by Crippen LogP contribution is 2.39. The standard InChI is InChI=1S/C21H23F2N7O/c1-21(22,23)12-29-7-6-14-9-26-20(25)30(18(14)19(29)24)16-5-4-13(8-17(16)31-3)15-10-27-28(2)11-15/h4-11H,12,24H2,1-3H3,(H2,25,26). The van der Waals surface area contributed by atoms with Gasteiger partial charge in [0.2, 0.25) is 5.96 Å². The third-order valence-corrected chi connectivity index (χ3v) is 4.95. The molecule has 8 nitrogen and oxygen atoms in total. The lowest BCUT2D eigenvalue weighted by atomic mass is 10.0. The number of ether oxygens (including phenoxy) is 1. The van der Waals surface area contributed by atoms with Crippen LogP contribution in [-0.4, -0.2) is 40.2 Å². The smallest absolute Gasteiger partial charge is 0.262 e. The first-order chi connectivity index (χ1) is 14.7. The van der Waals surface area contributed by atoms with E-state index < -0.39 is 12.5 Å². The molecular weight excluding hydrogens is 404 g/mol. The number of hydrogen-bond acceptors (Lipinski definition) is 7. The summed E-state index contributed by atoms with van der Waals surface area (Å²) in [6.07, 6.45) is 8.39. The monoisotopic (exact) mass is 427 g/mol. The number of benzene rings is 1. The summed E-state index contributed by atoms with van der Waals surface area (Å²) in [6.45, 7) is 0.285. The summed E-state index contributed by atoms with van der Waals surface area (Å²) in [7, 11) is 3.38. The lowest BCUT2D eigenvalue weighted by Crippen LogP contribution is -2.45. The average Bonchev–Trinajstić information content (AvgIpc) is 3.15. The van der Waals surface area contributed by atoms with E-state index in [2.05, 4.69) is 10.1 Å². The number of fused-ring (bicyclic) bond motifs is 1. The van der Waals surface area contributed by atoms with Gasteiger partial charge in [-0.1, -0.05) is 6.07 Å². The Morgan fingerprint density at radius 2 is 1.97 bits per heavy atom. The van der Waals surface area contributed by atoms with E-state index in [-0.39, 0.29) is 11.8 Å². The number of alkyl halides is 2. The van der Waals surface area contributed by atoms with Gasteiger partial charge < -0.3 is 21.1 Å². The zero-order chi connectivity index (χ0) is 22.3. The fraction of sp³-hybridized carbons (Fsp3) is 0.238. The number of hydrogen-bond donors (Lipinski definition) is 2. The molecule has 0 fully saturated rings. The van der Waals surface area contributed by atoms with E-state index in [1.54, 1.807) is 35.2 Å². The fourth-order valence-corrected chi connectivity index (χ4v) is 3.56. The molecule has 0 spiro atoms. The number of guanidine groups is 1. The summed E-state index contributed by atoms with van der Waals surface area (Å²) in [5.74, 6) is -2.12. The number of aryl methyl sites for hydroxylation is 1. The van der Waals surface area contributed by atoms with E-state index in [1.165, 1.54) is 11.1 Å². The Bertz CT molecular complexity index is 1140. The first kappa shape index (κ1) is 20.5. The number of aliphatic imine (C=N–C) groups is 1. The van der Waals surface area contributed by atoms with Gasteiger partial charge in [-0.2, -0.15) is 5.10 Å². The van der Waals surface area contributed by atoms with Gasteiger partial charge in [0.1, 0.15) is 11.6 Å². The Hall–Kier alpha value is -3.82. The second-order valence-corrected chi connectivity index (χ2v) is 7.44. The maximum atomic E-state index is 13.7. The van der Waals surface area contributed by atoms with Crippen molar-refractivity contribution >= 4 is 11.6 Å². The van der Waals surface area contributed by atoms with Crippen LogP contribution in [0.15, 0.2) is 71.2 Å². The quantitative estimate of drug-likeness (QED) is 0.762. The molecule has 31 heavy (non-hydrogen) atoms. The van der Waals surface area contributed by atoms with E-state index in [1.807, 2.05) is 31.4 Å². The van der Waals surface area contributed by atoms with Crippen LogP contribution in [-0.2, 0) is 7.05 Å². The Labute approximate surface area is 178 Å². The van der Waals surface area contributed by atoms with Crippen molar-refractivity contribution in [2.24, 2.45) is 23.5 Å². The van der Waals surface area contributed by atoms with Crippen LogP contribution in [0.1, 0.15) is 6.92 Å². The summed E-state index contributed by atoms with van der Waals surface area (Å²) >= 11 is 0. The number of nitrogens with two attached hydrogens (primary N) is 2. The van der Waals surface area contributed by atoms with Gasteiger partial charge in [0.15, 0.2) is 0 Å². The second-order valence-electron chi connectivity index (χ2n) is 7.44. The molecule has 1 aromatic carbocycles. The van der Waals surface area contributed by atoms with Crippen LogP contribution in [0.2, 0.25) is 0 Å². The van der Waals surface area contributed by atoms with Gasteiger partial charge in [-0.15, -0.1) is 0 Å². The number of anilines is 1. The maximum Gasteiger partial charge on any atom is 0.262 e. The van der Waals surface area contributed by atoms with Crippen molar-refractivity contribution in [1.29, 1.82) is 0 Å². The minimum absolute atomic E-state index is 0.145. The number of allylic oxidation sites excluding steroid dienone is 1. The van der Waals surface area contributed by atoms with Crippen molar-refractivity contribution in [3.05, 3.63) is 66.2 Å². The van der Waals surface area contributed by atoms with Crippen molar-refractivity contribution in [3.63, 3.8) is 0 Å². The number of halogens is 2. The summed E-state index contributed by atoms with van der Waals surface area (Å²) in [6, 6.07) is 5.57. The molecule has 10 heteroatoms. The van der Waals surface area contributed by atoms with Crippen LogP contribution in [0.5, 0.6) is 5.75 Å². The minimum Gasteiger partial charge on any atom is -0.495 e. The second kappa shape index (κ2) is 7.46. The highest BCUT2D eigenvalue weighted by atomic mass is 19.3.